The Morgan fingerprint density at radius 1 is 1.19 bits per heavy atom. The Kier molecular flexibility index (Phi) is 6.13. The quantitative estimate of drug-likeness (QED) is 0.626. The van der Waals surface area contributed by atoms with E-state index in [1.165, 1.54) is 16.7 Å². The van der Waals surface area contributed by atoms with Crippen molar-refractivity contribution in [3.05, 3.63) is 53.6 Å². The van der Waals surface area contributed by atoms with Crippen LogP contribution in [-0.2, 0) is 9.59 Å². The monoisotopic (exact) mass is 405 g/mol. The highest BCUT2D eigenvalue weighted by Gasteiger charge is 2.14. The summed E-state index contributed by atoms with van der Waals surface area (Å²) in [4.78, 5) is 30.2. The van der Waals surface area contributed by atoms with E-state index in [0.29, 0.717) is 10.7 Å². The average Bonchev–Trinajstić information content (AvgIpc) is 3.04. The van der Waals surface area contributed by atoms with Crippen molar-refractivity contribution in [2.75, 3.05) is 24.7 Å². The van der Waals surface area contributed by atoms with Gasteiger partial charge in [-0.05, 0) is 36.4 Å². The topological polar surface area (TPSA) is 62.3 Å². The Morgan fingerprint density at radius 2 is 1.92 bits per heavy atom. The molecule has 3 aromatic rings. The molecule has 0 fully saturated rings. The first kappa shape index (κ1) is 18.7. The fourth-order valence-electron chi connectivity index (χ4n) is 2.18. The van der Waals surface area contributed by atoms with Crippen LogP contribution >= 0.6 is 34.7 Å². The molecular formula is C18H16ClN3O2S2. The van der Waals surface area contributed by atoms with E-state index in [9.17, 15) is 9.59 Å². The third kappa shape index (κ3) is 4.97. The minimum atomic E-state index is -0.256. The molecule has 5 nitrogen and oxygen atoms in total. The SMILES string of the molecule is CN(CC(=O)Nc1ccc(Cl)cc1)C(=O)CSc1nc2ccccc2s1. The molecule has 26 heavy (non-hydrogen) atoms. The third-order valence-corrected chi connectivity index (χ3v) is 5.94. The summed E-state index contributed by atoms with van der Waals surface area (Å²) in [5.74, 6) is -0.140. The molecule has 1 heterocycles. The molecule has 2 amide bonds. The number of carbonyl (C=O) groups is 2. The lowest BCUT2D eigenvalue weighted by molar-refractivity contribution is -0.131. The molecule has 0 aliphatic carbocycles. The molecule has 0 saturated carbocycles. The number of carbonyl (C=O) groups excluding carboxylic acids is 2. The molecule has 0 radical (unpaired) electrons. The lowest BCUT2D eigenvalue weighted by Crippen LogP contribution is -2.35. The number of halogens is 1. The zero-order valence-electron chi connectivity index (χ0n) is 13.9. The highest BCUT2D eigenvalue weighted by Crippen LogP contribution is 2.29. The number of nitrogens with zero attached hydrogens (tertiary/aromatic N) is 2. The maximum absolute atomic E-state index is 12.2. The van der Waals surface area contributed by atoms with Crippen LogP contribution in [0.4, 0.5) is 5.69 Å². The largest absolute Gasteiger partial charge is 0.336 e. The molecule has 0 aliphatic heterocycles. The number of rotatable bonds is 6. The normalized spacial score (nSPS) is 10.7. The minimum absolute atomic E-state index is 0.0120. The molecule has 0 aliphatic rings. The summed E-state index contributed by atoms with van der Waals surface area (Å²) in [6, 6.07) is 14.7. The third-order valence-electron chi connectivity index (χ3n) is 3.53. The molecular weight excluding hydrogens is 390 g/mol. The van der Waals surface area contributed by atoms with Gasteiger partial charge < -0.3 is 10.2 Å². The number of fused-ring (bicyclic) bond motifs is 1. The number of hydrogen-bond acceptors (Lipinski definition) is 5. The number of thioether (sulfide) groups is 1. The first-order valence-electron chi connectivity index (χ1n) is 7.79. The number of anilines is 1. The number of aromatic nitrogens is 1. The predicted molar refractivity (Wildman–Crippen MR) is 108 cm³/mol. The second-order valence-corrected chi connectivity index (χ2v) is 8.23. The molecule has 134 valence electrons. The molecule has 0 spiro atoms. The Hall–Kier alpha value is -2.09. The van der Waals surface area contributed by atoms with E-state index in [-0.39, 0.29) is 24.1 Å². The van der Waals surface area contributed by atoms with Crippen LogP contribution in [0, 0.1) is 0 Å². The molecule has 8 heteroatoms. The van der Waals surface area contributed by atoms with Crippen molar-refractivity contribution in [1.29, 1.82) is 0 Å². The second kappa shape index (κ2) is 8.53. The number of amides is 2. The highest BCUT2D eigenvalue weighted by atomic mass is 35.5. The Balaban J connectivity index is 1.49. The number of likely N-dealkylation sites (N-methyl/N-ethyl adjacent to an activating group) is 1. The lowest BCUT2D eigenvalue weighted by atomic mass is 10.3. The van der Waals surface area contributed by atoms with Gasteiger partial charge in [0.1, 0.15) is 0 Å². The maximum Gasteiger partial charge on any atom is 0.243 e. The summed E-state index contributed by atoms with van der Waals surface area (Å²) in [5, 5.41) is 3.34. The van der Waals surface area contributed by atoms with E-state index in [4.69, 9.17) is 11.6 Å². The number of benzene rings is 2. The van der Waals surface area contributed by atoms with Gasteiger partial charge in [-0.2, -0.15) is 0 Å². The summed E-state index contributed by atoms with van der Waals surface area (Å²) < 4.78 is 1.94. The van der Waals surface area contributed by atoms with Gasteiger partial charge in [-0.1, -0.05) is 35.5 Å². The van der Waals surface area contributed by atoms with E-state index >= 15 is 0 Å². The van der Waals surface area contributed by atoms with Crippen LogP contribution in [0.1, 0.15) is 0 Å². The molecule has 0 bridgehead atoms. The van der Waals surface area contributed by atoms with Gasteiger partial charge in [0.05, 0.1) is 22.5 Å². The van der Waals surface area contributed by atoms with Crippen molar-refractivity contribution in [2.24, 2.45) is 0 Å². The van der Waals surface area contributed by atoms with Crippen molar-refractivity contribution in [2.45, 2.75) is 4.34 Å². The number of para-hydroxylation sites is 1. The van der Waals surface area contributed by atoms with E-state index in [1.807, 2.05) is 24.3 Å². The van der Waals surface area contributed by atoms with Crippen LogP contribution < -0.4 is 5.32 Å². The van der Waals surface area contributed by atoms with Gasteiger partial charge in [0.2, 0.25) is 11.8 Å². The second-order valence-electron chi connectivity index (χ2n) is 5.54. The maximum atomic E-state index is 12.2. The molecule has 0 atom stereocenters. The van der Waals surface area contributed by atoms with Gasteiger partial charge in [0.25, 0.3) is 0 Å². The number of thiazole rings is 1. The first-order valence-corrected chi connectivity index (χ1v) is 9.97. The molecule has 1 aromatic heterocycles. The van der Waals surface area contributed by atoms with Crippen LogP contribution in [0.5, 0.6) is 0 Å². The van der Waals surface area contributed by atoms with E-state index in [1.54, 1.807) is 42.6 Å². The van der Waals surface area contributed by atoms with Gasteiger partial charge in [-0.25, -0.2) is 4.98 Å². The highest BCUT2D eigenvalue weighted by molar-refractivity contribution is 8.01. The fraction of sp³-hybridized carbons (Fsp3) is 0.167. The van der Waals surface area contributed by atoms with Gasteiger partial charge in [-0.3, -0.25) is 9.59 Å². The van der Waals surface area contributed by atoms with Gasteiger partial charge in [0, 0.05) is 17.8 Å². The molecule has 0 unspecified atom stereocenters. The smallest absolute Gasteiger partial charge is 0.243 e. The Labute approximate surface area is 164 Å². The fourth-order valence-corrected chi connectivity index (χ4v) is 4.32. The van der Waals surface area contributed by atoms with Crippen molar-refractivity contribution < 1.29 is 9.59 Å². The minimum Gasteiger partial charge on any atom is -0.336 e. The molecule has 0 saturated heterocycles. The van der Waals surface area contributed by atoms with Gasteiger partial charge >= 0.3 is 0 Å². The van der Waals surface area contributed by atoms with Gasteiger partial charge in [-0.15, -0.1) is 11.3 Å². The standard InChI is InChI=1S/C18H16ClN3O2S2/c1-22(10-16(23)20-13-8-6-12(19)7-9-13)17(24)11-25-18-21-14-4-2-3-5-15(14)26-18/h2-9H,10-11H2,1H3,(H,20,23). The zero-order chi connectivity index (χ0) is 18.5. The van der Waals surface area contributed by atoms with Crippen LogP contribution in [0.2, 0.25) is 5.02 Å². The summed E-state index contributed by atoms with van der Waals surface area (Å²) in [5.41, 5.74) is 1.58. The predicted octanol–water partition coefficient (Wildman–Crippen LogP) is 4.14. The summed E-state index contributed by atoms with van der Waals surface area (Å²) in [7, 11) is 1.61. The number of hydrogen-bond donors (Lipinski definition) is 1. The summed E-state index contributed by atoms with van der Waals surface area (Å²) in [6.07, 6.45) is 0. The first-order chi connectivity index (χ1) is 12.5. The van der Waals surface area contributed by atoms with E-state index in [0.717, 1.165) is 14.6 Å². The Morgan fingerprint density at radius 3 is 2.65 bits per heavy atom. The average molecular weight is 406 g/mol. The van der Waals surface area contributed by atoms with Crippen LogP contribution in [0.25, 0.3) is 10.2 Å². The zero-order valence-corrected chi connectivity index (χ0v) is 16.3. The lowest BCUT2D eigenvalue weighted by Gasteiger charge is -2.16. The van der Waals surface area contributed by atoms with Crippen molar-refractivity contribution in [1.82, 2.24) is 9.88 Å². The molecule has 2 aromatic carbocycles. The van der Waals surface area contributed by atoms with Crippen LogP contribution in [0.3, 0.4) is 0 Å². The van der Waals surface area contributed by atoms with Crippen molar-refractivity contribution >= 4 is 62.4 Å². The summed E-state index contributed by atoms with van der Waals surface area (Å²) in [6.45, 7) is -0.0120. The Bertz CT molecular complexity index is 895. The van der Waals surface area contributed by atoms with Crippen molar-refractivity contribution in [3.8, 4) is 0 Å². The van der Waals surface area contributed by atoms with Crippen LogP contribution in [0.15, 0.2) is 52.9 Å². The molecule has 1 N–H and O–H groups in total. The van der Waals surface area contributed by atoms with E-state index < -0.39 is 0 Å². The van der Waals surface area contributed by atoms with E-state index in [2.05, 4.69) is 10.3 Å². The summed E-state index contributed by atoms with van der Waals surface area (Å²) >= 11 is 8.76. The van der Waals surface area contributed by atoms with Gasteiger partial charge in [0.15, 0.2) is 4.34 Å². The molecule has 3 rings (SSSR count). The number of nitrogens with one attached hydrogen (secondary N) is 1. The van der Waals surface area contributed by atoms with Crippen molar-refractivity contribution in [3.63, 3.8) is 0 Å². The van der Waals surface area contributed by atoms with Crippen LogP contribution in [-0.4, -0.2) is 41.0 Å².